The number of nitrogen functional groups attached to an aromatic ring is 1. The van der Waals surface area contributed by atoms with Crippen LogP contribution in [0.25, 0.3) is 10.2 Å². The largest absolute Gasteiger partial charge is 0.467 e. The summed E-state index contributed by atoms with van der Waals surface area (Å²) >= 11 is 1.30. The molecule has 6 heteroatoms. The lowest BCUT2D eigenvalue weighted by atomic mass is 10.2. The lowest BCUT2D eigenvalue weighted by molar-refractivity contribution is 0.0953. The molecule has 3 aromatic heterocycles. The van der Waals surface area contributed by atoms with Crippen molar-refractivity contribution in [3.05, 3.63) is 46.9 Å². The van der Waals surface area contributed by atoms with Crippen molar-refractivity contribution in [3.8, 4) is 0 Å². The van der Waals surface area contributed by atoms with E-state index < -0.39 is 0 Å². The molecule has 102 valence electrons. The van der Waals surface area contributed by atoms with E-state index in [2.05, 4.69) is 10.3 Å². The highest BCUT2D eigenvalue weighted by molar-refractivity contribution is 7.21. The van der Waals surface area contributed by atoms with Gasteiger partial charge in [0.15, 0.2) is 0 Å². The first kappa shape index (κ1) is 12.7. The summed E-state index contributed by atoms with van der Waals surface area (Å²) in [5.74, 6) is 0.494. The summed E-state index contributed by atoms with van der Waals surface area (Å²) in [5.41, 5.74) is 7.59. The monoisotopic (exact) mass is 287 g/mol. The number of carbonyl (C=O) groups is 1. The first-order valence-electron chi connectivity index (χ1n) is 6.11. The Morgan fingerprint density at radius 3 is 3.05 bits per heavy atom. The van der Waals surface area contributed by atoms with Crippen molar-refractivity contribution < 1.29 is 9.21 Å². The van der Waals surface area contributed by atoms with Crippen molar-refractivity contribution in [2.75, 3.05) is 5.73 Å². The number of furan rings is 1. The molecule has 5 nitrogen and oxygen atoms in total. The number of fused-ring (bicyclic) bond motifs is 1. The molecule has 0 atom stereocenters. The number of aryl methyl sites for hydroxylation is 1. The fraction of sp³-hybridized carbons (Fsp3) is 0.143. The van der Waals surface area contributed by atoms with Crippen molar-refractivity contribution in [3.63, 3.8) is 0 Å². The molecule has 20 heavy (non-hydrogen) atoms. The highest BCUT2D eigenvalue weighted by Crippen LogP contribution is 2.34. The van der Waals surface area contributed by atoms with Crippen LogP contribution in [-0.2, 0) is 6.54 Å². The van der Waals surface area contributed by atoms with E-state index in [1.54, 1.807) is 24.6 Å². The Kier molecular flexibility index (Phi) is 3.15. The standard InChI is InChI=1S/C14H13N3O2S/c1-8-4-5-16-14-10(8)11(15)12(20-14)13(18)17-7-9-3-2-6-19-9/h2-6H,7,15H2,1H3,(H,17,18). The number of thiophene rings is 1. The van der Waals surface area contributed by atoms with Crippen molar-refractivity contribution in [2.45, 2.75) is 13.5 Å². The van der Waals surface area contributed by atoms with E-state index in [0.29, 0.717) is 22.9 Å². The van der Waals surface area contributed by atoms with E-state index in [1.807, 2.05) is 13.0 Å². The molecule has 3 rings (SSSR count). The van der Waals surface area contributed by atoms with Crippen LogP contribution in [-0.4, -0.2) is 10.9 Å². The average Bonchev–Trinajstić information content (AvgIpc) is 3.05. The fourth-order valence-corrected chi connectivity index (χ4v) is 3.09. The fourth-order valence-electron chi connectivity index (χ4n) is 2.03. The second-order valence-electron chi connectivity index (χ2n) is 4.41. The van der Waals surface area contributed by atoms with Crippen LogP contribution >= 0.6 is 11.3 Å². The lowest BCUT2D eigenvalue weighted by Gasteiger charge is -2.02. The number of nitrogens with two attached hydrogens (primary N) is 1. The van der Waals surface area contributed by atoms with Crippen molar-refractivity contribution in [2.24, 2.45) is 0 Å². The summed E-state index contributed by atoms with van der Waals surface area (Å²) in [6.45, 7) is 2.30. The first-order valence-corrected chi connectivity index (χ1v) is 6.92. The van der Waals surface area contributed by atoms with Crippen LogP contribution in [0.2, 0.25) is 0 Å². The molecule has 0 bridgehead atoms. The Balaban J connectivity index is 1.88. The molecular weight excluding hydrogens is 274 g/mol. The number of pyridine rings is 1. The smallest absolute Gasteiger partial charge is 0.263 e. The van der Waals surface area contributed by atoms with Crippen molar-refractivity contribution >= 4 is 33.1 Å². The van der Waals surface area contributed by atoms with Crippen LogP contribution in [0, 0.1) is 6.92 Å². The number of hydrogen-bond acceptors (Lipinski definition) is 5. The van der Waals surface area contributed by atoms with Crippen LogP contribution in [0.4, 0.5) is 5.69 Å². The van der Waals surface area contributed by atoms with Gasteiger partial charge >= 0.3 is 0 Å². The van der Waals surface area contributed by atoms with Gasteiger partial charge in [-0.05, 0) is 30.7 Å². The van der Waals surface area contributed by atoms with E-state index in [4.69, 9.17) is 10.2 Å². The molecule has 0 spiro atoms. The molecule has 1 amide bonds. The SMILES string of the molecule is Cc1ccnc2sc(C(=O)NCc3ccco3)c(N)c12. The summed E-state index contributed by atoms with van der Waals surface area (Å²) < 4.78 is 5.17. The predicted octanol–water partition coefficient (Wildman–Crippen LogP) is 2.71. The van der Waals surface area contributed by atoms with E-state index in [1.165, 1.54) is 11.3 Å². The summed E-state index contributed by atoms with van der Waals surface area (Å²) in [4.78, 5) is 17.7. The number of amides is 1. The molecule has 0 saturated heterocycles. The lowest BCUT2D eigenvalue weighted by Crippen LogP contribution is -2.22. The Morgan fingerprint density at radius 1 is 1.50 bits per heavy atom. The number of rotatable bonds is 3. The number of nitrogens with zero attached hydrogens (tertiary/aromatic N) is 1. The van der Waals surface area contributed by atoms with E-state index in [9.17, 15) is 4.79 Å². The average molecular weight is 287 g/mol. The summed E-state index contributed by atoms with van der Waals surface area (Å²) in [6.07, 6.45) is 3.29. The third kappa shape index (κ3) is 2.14. The van der Waals surface area contributed by atoms with Crippen molar-refractivity contribution in [1.29, 1.82) is 0 Å². The molecule has 0 unspecified atom stereocenters. The number of hydrogen-bond donors (Lipinski definition) is 2. The number of anilines is 1. The Hall–Kier alpha value is -2.34. The van der Waals surface area contributed by atoms with Gasteiger partial charge in [-0.1, -0.05) is 0 Å². The Morgan fingerprint density at radius 2 is 2.35 bits per heavy atom. The third-order valence-corrected chi connectivity index (χ3v) is 4.16. The molecule has 3 aromatic rings. The maximum Gasteiger partial charge on any atom is 0.263 e. The molecule has 0 radical (unpaired) electrons. The molecule has 0 saturated carbocycles. The molecule has 0 fully saturated rings. The number of nitrogens with one attached hydrogen (secondary N) is 1. The summed E-state index contributed by atoms with van der Waals surface area (Å²) in [5, 5.41) is 3.65. The van der Waals surface area contributed by atoms with Gasteiger partial charge < -0.3 is 15.5 Å². The zero-order chi connectivity index (χ0) is 14.1. The Bertz CT molecular complexity index is 762. The molecule has 3 heterocycles. The first-order chi connectivity index (χ1) is 9.66. The van der Waals surface area contributed by atoms with E-state index >= 15 is 0 Å². The molecular formula is C14H13N3O2S. The minimum absolute atomic E-state index is 0.207. The van der Waals surface area contributed by atoms with Gasteiger partial charge in [-0.3, -0.25) is 4.79 Å². The van der Waals surface area contributed by atoms with Gasteiger partial charge in [-0.2, -0.15) is 0 Å². The van der Waals surface area contributed by atoms with Crippen LogP contribution in [0.1, 0.15) is 21.0 Å². The topological polar surface area (TPSA) is 81.2 Å². The summed E-state index contributed by atoms with van der Waals surface area (Å²) in [6, 6.07) is 5.47. The van der Waals surface area contributed by atoms with Gasteiger partial charge in [0.1, 0.15) is 15.5 Å². The van der Waals surface area contributed by atoms with Crippen LogP contribution in [0.3, 0.4) is 0 Å². The van der Waals surface area contributed by atoms with E-state index in [0.717, 1.165) is 15.8 Å². The minimum Gasteiger partial charge on any atom is -0.467 e. The quantitative estimate of drug-likeness (QED) is 0.776. The molecule has 0 aromatic carbocycles. The second-order valence-corrected chi connectivity index (χ2v) is 5.41. The second kappa shape index (κ2) is 4.97. The zero-order valence-electron chi connectivity index (χ0n) is 10.8. The molecule has 0 aliphatic rings. The van der Waals surface area contributed by atoms with Gasteiger partial charge in [-0.25, -0.2) is 4.98 Å². The van der Waals surface area contributed by atoms with Gasteiger partial charge in [0.05, 0.1) is 18.5 Å². The molecule has 0 aliphatic heterocycles. The third-order valence-electron chi connectivity index (χ3n) is 3.05. The highest BCUT2D eigenvalue weighted by atomic mass is 32.1. The summed E-state index contributed by atoms with van der Waals surface area (Å²) in [7, 11) is 0. The van der Waals surface area contributed by atoms with E-state index in [-0.39, 0.29) is 5.91 Å². The van der Waals surface area contributed by atoms with Crippen molar-refractivity contribution in [1.82, 2.24) is 10.3 Å². The van der Waals surface area contributed by atoms with Crippen LogP contribution in [0.5, 0.6) is 0 Å². The van der Waals surface area contributed by atoms with Gasteiger partial charge in [0, 0.05) is 11.6 Å². The predicted molar refractivity (Wildman–Crippen MR) is 78.6 cm³/mol. The van der Waals surface area contributed by atoms with Gasteiger partial charge in [-0.15, -0.1) is 11.3 Å². The van der Waals surface area contributed by atoms with Gasteiger partial charge in [0.25, 0.3) is 5.91 Å². The molecule has 0 aliphatic carbocycles. The molecule has 3 N–H and O–H groups in total. The Labute approximate surface area is 119 Å². The zero-order valence-corrected chi connectivity index (χ0v) is 11.7. The number of aromatic nitrogens is 1. The maximum absolute atomic E-state index is 12.2. The van der Waals surface area contributed by atoms with Crippen LogP contribution < -0.4 is 11.1 Å². The van der Waals surface area contributed by atoms with Crippen LogP contribution in [0.15, 0.2) is 35.1 Å². The number of carbonyl (C=O) groups excluding carboxylic acids is 1. The minimum atomic E-state index is -0.207. The highest BCUT2D eigenvalue weighted by Gasteiger charge is 2.18. The maximum atomic E-state index is 12.2. The normalized spacial score (nSPS) is 10.8. The van der Waals surface area contributed by atoms with Gasteiger partial charge in [0.2, 0.25) is 0 Å².